The van der Waals surface area contributed by atoms with E-state index in [0.29, 0.717) is 18.8 Å². The maximum Gasteiger partial charge on any atom is 0.223 e. The molecule has 1 aromatic carbocycles. The third kappa shape index (κ3) is 3.34. The number of hydrogen-bond donors (Lipinski definition) is 0. The van der Waals surface area contributed by atoms with Gasteiger partial charge in [0.15, 0.2) is 0 Å². The maximum absolute atomic E-state index is 12.5. The molecule has 0 atom stereocenters. The molecule has 5 heteroatoms. The average Bonchev–Trinajstić information content (AvgIpc) is 3.10. The third-order valence-corrected chi connectivity index (χ3v) is 5.45. The number of hydrogen-bond acceptors (Lipinski definition) is 3. The molecule has 3 heterocycles. The van der Waals surface area contributed by atoms with Gasteiger partial charge in [-0.1, -0.05) is 18.2 Å². The maximum atomic E-state index is 12.5. The molecular formula is C21H24N4O. The van der Waals surface area contributed by atoms with Crippen molar-refractivity contribution in [3.8, 4) is 0 Å². The number of imidazole rings is 1. The Balaban J connectivity index is 1.38. The van der Waals surface area contributed by atoms with Crippen molar-refractivity contribution >= 4 is 16.8 Å². The van der Waals surface area contributed by atoms with Gasteiger partial charge in [-0.25, -0.2) is 4.98 Å². The van der Waals surface area contributed by atoms with E-state index in [1.165, 1.54) is 10.9 Å². The van der Waals surface area contributed by atoms with E-state index in [1.807, 2.05) is 35.0 Å². The number of aryl methyl sites for hydroxylation is 2. The molecule has 26 heavy (non-hydrogen) atoms. The van der Waals surface area contributed by atoms with Crippen molar-refractivity contribution in [1.82, 2.24) is 19.4 Å². The molecule has 1 fully saturated rings. The van der Waals surface area contributed by atoms with Crippen LogP contribution in [0, 0.1) is 0 Å². The summed E-state index contributed by atoms with van der Waals surface area (Å²) in [6, 6.07) is 10.5. The first-order valence-corrected chi connectivity index (χ1v) is 9.30. The Morgan fingerprint density at radius 2 is 1.92 bits per heavy atom. The zero-order valence-corrected chi connectivity index (χ0v) is 15.1. The quantitative estimate of drug-likeness (QED) is 0.727. The minimum atomic E-state index is 0.242. The summed E-state index contributed by atoms with van der Waals surface area (Å²) in [4.78, 5) is 23.3. The summed E-state index contributed by atoms with van der Waals surface area (Å²) in [5, 5.41) is 1.24. The Hall–Kier alpha value is -2.69. The predicted octanol–water partition coefficient (Wildman–Crippen LogP) is 3.31. The number of benzene rings is 1. The van der Waals surface area contributed by atoms with E-state index in [1.54, 1.807) is 6.20 Å². The topological polar surface area (TPSA) is 51.0 Å². The summed E-state index contributed by atoms with van der Waals surface area (Å²) in [7, 11) is 1.97. The number of rotatable bonds is 4. The number of aromatic nitrogens is 3. The van der Waals surface area contributed by atoms with Crippen molar-refractivity contribution in [2.75, 3.05) is 13.1 Å². The van der Waals surface area contributed by atoms with Crippen molar-refractivity contribution in [3.63, 3.8) is 0 Å². The second-order valence-corrected chi connectivity index (χ2v) is 7.03. The lowest BCUT2D eigenvalue weighted by molar-refractivity contribution is -0.132. The molecule has 2 aromatic heterocycles. The van der Waals surface area contributed by atoms with Gasteiger partial charge < -0.3 is 9.47 Å². The van der Waals surface area contributed by atoms with Crippen LogP contribution >= 0.6 is 0 Å². The molecule has 0 bridgehead atoms. The summed E-state index contributed by atoms with van der Waals surface area (Å²) in [5.41, 5.74) is 2.43. The normalized spacial score (nSPS) is 15.5. The van der Waals surface area contributed by atoms with Gasteiger partial charge in [0.1, 0.15) is 5.82 Å². The summed E-state index contributed by atoms with van der Waals surface area (Å²) in [5.74, 6) is 1.71. The largest absolute Gasteiger partial charge is 0.343 e. The lowest BCUT2D eigenvalue weighted by Gasteiger charge is -2.32. The van der Waals surface area contributed by atoms with Crippen LogP contribution in [0.1, 0.15) is 36.6 Å². The number of fused-ring (bicyclic) bond motifs is 1. The van der Waals surface area contributed by atoms with Crippen molar-refractivity contribution in [3.05, 3.63) is 60.3 Å². The minimum absolute atomic E-state index is 0.242. The zero-order valence-electron chi connectivity index (χ0n) is 15.1. The molecule has 134 valence electrons. The molecule has 1 aliphatic heterocycles. The Bertz CT molecular complexity index is 904. The SMILES string of the molecule is Cn1ccnc1CCC(=O)N1CCC(c2ccnc3ccccc23)CC1. The number of pyridine rings is 1. The van der Waals surface area contributed by atoms with E-state index >= 15 is 0 Å². The number of para-hydroxylation sites is 1. The Morgan fingerprint density at radius 3 is 2.69 bits per heavy atom. The van der Waals surface area contributed by atoms with Crippen molar-refractivity contribution in [2.24, 2.45) is 7.05 Å². The molecule has 0 unspecified atom stereocenters. The molecule has 0 N–H and O–H groups in total. The first-order valence-electron chi connectivity index (χ1n) is 9.30. The molecule has 0 aliphatic carbocycles. The van der Waals surface area contributed by atoms with Gasteiger partial charge in [0.2, 0.25) is 5.91 Å². The molecule has 0 radical (unpaired) electrons. The van der Waals surface area contributed by atoms with Crippen LogP contribution in [0.5, 0.6) is 0 Å². The number of likely N-dealkylation sites (tertiary alicyclic amines) is 1. The Labute approximate surface area is 153 Å². The molecule has 5 nitrogen and oxygen atoms in total. The molecule has 1 amide bonds. The molecule has 4 rings (SSSR count). The Morgan fingerprint density at radius 1 is 1.12 bits per heavy atom. The van der Waals surface area contributed by atoms with E-state index in [-0.39, 0.29) is 5.91 Å². The van der Waals surface area contributed by atoms with E-state index < -0.39 is 0 Å². The highest BCUT2D eigenvalue weighted by molar-refractivity contribution is 5.82. The van der Waals surface area contributed by atoms with E-state index in [2.05, 4.69) is 34.2 Å². The predicted molar refractivity (Wildman–Crippen MR) is 102 cm³/mol. The van der Waals surface area contributed by atoms with Crippen LogP contribution < -0.4 is 0 Å². The summed E-state index contributed by atoms with van der Waals surface area (Å²) >= 11 is 0. The standard InChI is InChI=1S/C21H24N4O/c1-24-15-12-23-20(24)6-7-21(26)25-13-9-16(10-14-25)17-8-11-22-19-5-3-2-4-18(17)19/h2-5,8,11-12,15-16H,6-7,9-10,13-14H2,1H3. The number of carbonyl (C=O) groups excluding carboxylic acids is 1. The van der Waals surface area contributed by atoms with Crippen LogP contribution in [0.15, 0.2) is 48.9 Å². The highest BCUT2D eigenvalue weighted by atomic mass is 16.2. The number of amides is 1. The smallest absolute Gasteiger partial charge is 0.223 e. The minimum Gasteiger partial charge on any atom is -0.343 e. The van der Waals surface area contributed by atoms with E-state index in [4.69, 9.17) is 0 Å². The molecule has 1 aliphatic rings. The van der Waals surface area contributed by atoms with E-state index in [0.717, 1.165) is 37.3 Å². The van der Waals surface area contributed by atoms with Gasteiger partial charge in [-0.15, -0.1) is 0 Å². The third-order valence-electron chi connectivity index (χ3n) is 5.45. The molecular weight excluding hydrogens is 324 g/mol. The van der Waals surface area contributed by atoms with Crippen LogP contribution in [0.25, 0.3) is 10.9 Å². The van der Waals surface area contributed by atoms with Crippen molar-refractivity contribution < 1.29 is 4.79 Å². The van der Waals surface area contributed by atoms with Crippen molar-refractivity contribution in [2.45, 2.75) is 31.6 Å². The number of piperidine rings is 1. The summed E-state index contributed by atoms with van der Waals surface area (Å²) < 4.78 is 1.98. The first kappa shape index (κ1) is 16.8. The van der Waals surface area contributed by atoms with Gasteiger partial charge in [-0.3, -0.25) is 9.78 Å². The molecule has 0 saturated carbocycles. The van der Waals surface area contributed by atoms with Gasteiger partial charge in [0, 0.05) is 57.0 Å². The van der Waals surface area contributed by atoms with Gasteiger partial charge in [-0.2, -0.15) is 0 Å². The molecule has 3 aromatic rings. The van der Waals surface area contributed by atoms with Gasteiger partial charge in [0.25, 0.3) is 0 Å². The van der Waals surface area contributed by atoms with Crippen LogP contribution in [0.4, 0.5) is 0 Å². The summed E-state index contributed by atoms with van der Waals surface area (Å²) in [6.07, 6.45) is 8.88. The van der Waals surface area contributed by atoms with Crippen LogP contribution in [0.3, 0.4) is 0 Å². The highest BCUT2D eigenvalue weighted by Gasteiger charge is 2.24. The lowest BCUT2D eigenvalue weighted by atomic mass is 9.87. The second kappa shape index (κ2) is 7.28. The number of nitrogens with zero attached hydrogens (tertiary/aromatic N) is 4. The van der Waals surface area contributed by atoms with Gasteiger partial charge in [0.05, 0.1) is 5.52 Å². The fraction of sp³-hybridized carbons (Fsp3) is 0.381. The van der Waals surface area contributed by atoms with Crippen LogP contribution in [-0.2, 0) is 18.3 Å². The zero-order chi connectivity index (χ0) is 17.9. The Kier molecular flexibility index (Phi) is 4.69. The second-order valence-electron chi connectivity index (χ2n) is 7.03. The van der Waals surface area contributed by atoms with Crippen molar-refractivity contribution in [1.29, 1.82) is 0 Å². The fourth-order valence-electron chi connectivity index (χ4n) is 3.93. The summed E-state index contributed by atoms with van der Waals surface area (Å²) in [6.45, 7) is 1.67. The van der Waals surface area contributed by atoms with Crippen LogP contribution in [0.2, 0.25) is 0 Å². The van der Waals surface area contributed by atoms with Gasteiger partial charge >= 0.3 is 0 Å². The monoisotopic (exact) mass is 348 g/mol. The number of carbonyl (C=O) groups is 1. The lowest BCUT2D eigenvalue weighted by Crippen LogP contribution is -2.38. The molecule has 1 saturated heterocycles. The van der Waals surface area contributed by atoms with E-state index in [9.17, 15) is 4.79 Å². The van der Waals surface area contributed by atoms with Crippen LogP contribution in [-0.4, -0.2) is 38.4 Å². The highest BCUT2D eigenvalue weighted by Crippen LogP contribution is 2.32. The average molecular weight is 348 g/mol. The first-order chi connectivity index (χ1) is 12.7. The van der Waals surface area contributed by atoms with Gasteiger partial charge in [-0.05, 0) is 36.5 Å². The fourth-order valence-corrected chi connectivity index (χ4v) is 3.93. The molecule has 0 spiro atoms.